The first-order chi connectivity index (χ1) is 4.79. The highest BCUT2D eigenvalue weighted by Gasteiger charge is 1.99. The Balaban J connectivity index is 2.37. The Morgan fingerprint density at radius 2 is 2.60 bits per heavy atom. The second kappa shape index (κ2) is 3.00. The third-order valence-corrected chi connectivity index (χ3v) is 1.13. The predicted molar refractivity (Wildman–Crippen MR) is 36.8 cm³/mol. The maximum Gasteiger partial charge on any atom is 0.329 e. The van der Waals surface area contributed by atoms with Crippen molar-refractivity contribution in [2.45, 2.75) is 0 Å². The van der Waals surface area contributed by atoms with Crippen molar-refractivity contribution in [1.29, 1.82) is 0 Å². The Hall–Kier alpha value is -1.32. The maximum atomic E-state index is 10.00. The van der Waals surface area contributed by atoms with Gasteiger partial charge in [-0.3, -0.25) is 4.99 Å². The molecule has 1 N–H and O–H groups in total. The molecule has 0 aromatic heterocycles. The van der Waals surface area contributed by atoms with Crippen molar-refractivity contribution in [3.63, 3.8) is 0 Å². The predicted octanol–water partition coefficient (Wildman–Crippen LogP) is -0.0714. The summed E-state index contributed by atoms with van der Waals surface area (Å²) in [6.45, 7) is 1.54. The number of hydrogen-bond donors (Lipinski definition) is 1. The van der Waals surface area contributed by atoms with Crippen LogP contribution in [0.3, 0.4) is 0 Å². The zero-order valence-electron chi connectivity index (χ0n) is 5.40. The van der Waals surface area contributed by atoms with E-state index in [0.29, 0.717) is 0 Å². The van der Waals surface area contributed by atoms with E-state index in [0.717, 1.165) is 19.2 Å². The monoisotopic (exact) mass is 140 g/mol. The van der Waals surface area contributed by atoms with E-state index in [-0.39, 0.29) is 0 Å². The van der Waals surface area contributed by atoms with Crippen molar-refractivity contribution >= 4 is 12.3 Å². The quantitative estimate of drug-likeness (QED) is 0.546. The third kappa shape index (κ3) is 1.89. The van der Waals surface area contributed by atoms with Crippen LogP contribution in [0.4, 0.5) is 0 Å². The topological polar surface area (TPSA) is 52.9 Å². The molecule has 0 atom stereocenters. The summed E-state index contributed by atoms with van der Waals surface area (Å²) in [6, 6.07) is 0. The molecular weight excluding hydrogens is 132 g/mol. The van der Waals surface area contributed by atoms with Crippen molar-refractivity contribution in [2.75, 3.05) is 13.1 Å². The molecule has 0 spiro atoms. The molecule has 0 aromatic rings. The lowest BCUT2D eigenvalue weighted by Crippen LogP contribution is -2.11. The molecule has 0 saturated heterocycles. The molecule has 0 amide bonds. The lowest BCUT2D eigenvalue weighted by molar-refractivity contribution is -0.131. The van der Waals surface area contributed by atoms with Gasteiger partial charge in [0.1, 0.15) is 0 Å². The van der Waals surface area contributed by atoms with Crippen molar-refractivity contribution in [2.24, 2.45) is 4.99 Å². The lowest BCUT2D eigenvalue weighted by Gasteiger charge is -2.03. The number of aliphatic carboxylic acids is 1. The van der Waals surface area contributed by atoms with E-state index in [4.69, 9.17) is 5.11 Å². The minimum Gasteiger partial charge on any atom is -0.478 e. The van der Waals surface area contributed by atoms with Crippen molar-refractivity contribution < 1.29 is 9.90 Å². The Kier molecular flexibility index (Phi) is 2.04. The van der Waals surface area contributed by atoms with E-state index in [2.05, 4.69) is 4.99 Å². The van der Waals surface area contributed by atoms with Crippen molar-refractivity contribution in [1.82, 2.24) is 4.90 Å². The minimum absolute atomic E-state index is 0.754. The zero-order valence-corrected chi connectivity index (χ0v) is 5.40. The molecule has 0 aromatic carbocycles. The van der Waals surface area contributed by atoms with Gasteiger partial charge in [0.25, 0.3) is 0 Å². The number of rotatable bonds is 2. The molecule has 4 heteroatoms. The molecule has 0 fully saturated rings. The van der Waals surface area contributed by atoms with E-state index in [9.17, 15) is 4.79 Å². The van der Waals surface area contributed by atoms with Gasteiger partial charge in [-0.25, -0.2) is 4.79 Å². The van der Waals surface area contributed by atoms with Gasteiger partial charge in [-0.1, -0.05) is 0 Å². The Labute approximate surface area is 58.5 Å². The van der Waals surface area contributed by atoms with E-state index >= 15 is 0 Å². The number of carbonyl (C=O) groups is 1. The molecule has 10 heavy (non-hydrogen) atoms. The fraction of sp³-hybridized carbons (Fsp3) is 0.333. The Morgan fingerprint density at radius 1 is 1.80 bits per heavy atom. The number of aliphatic imine (C=N–C) groups is 1. The summed E-state index contributed by atoms with van der Waals surface area (Å²) in [4.78, 5) is 15.6. The number of hydrogen-bond acceptors (Lipinski definition) is 3. The van der Waals surface area contributed by atoms with Crippen LogP contribution < -0.4 is 0 Å². The number of carboxylic acids is 1. The largest absolute Gasteiger partial charge is 0.478 e. The smallest absolute Gasteiger partial charge is 0.329 e. The van der Waals surface area contributed by atoms with Crippen LogP contribution in [-0.4, -0.2) is 35.4 Å². The van der Waals surface area contributed by atoms with Gasteiger partial charge in [0.15, 0.2) is 0 Å². The molecule has 54 valence electrons. The van der Waals surface area contributed by atoms with Gasteiger partial charge in [0, 0.05) is 18.8 Å². The van der Waals surface area contributed by atoms with E-state index in [1.165, 1.54) is 6.20 Å². The maximum absolute atomic E-state index is 10.00. The SMILES string of the molecule is O=C(O)C=CN1C=NCC1. The van der Waals surface area contributed by atoms with Crippen molar-refractivity contribution in [3.8, 4) is 0 Å². The standard InChI is InChI=1S/C6H8N2O2/c9-6(10)1-3-8-4-2-7-5-8/h1,3,5H,2,4H2,(H,9,10). The van der Waals surface area contributed by atoms with Crippen LogP contribution in [0.5, 0.6) is 0 Å². The average molecular weight is 140 g/mol. The summed E-state index contributed by atoms with van der Waals surface area (Å²) in [5.74, 6) is -0.930. The molecule has 1 aliphatic heterocycles. The average Bonchev–Trinajstić information content (AvgIpc) is 2.34. The normalized spacial score (nSPS) is 17.0. The molecule has 4 nitrogen and oxygen atoms in total. The molecule has 1 heterocycles. The van der Waals surface area contributed by atoms with Gasteiger partial charge in [0.05, 0.1) is 12.9 Å². The molecular formula is C6H8N2O2. The second-order valence-corrected chi connectivity index (χ2v) is 1.91. The number of carboxylic acid groups (broad SMARTS) is 1. The lowest BCUT2D eigenvalue weighted by atomic mass is 10.5. The molecule has 0 unspecified atom stereocenters. The fourth-order valence-electron chi connectivity index (χ4n) is 0.666. The Bertz CT molecular complexity index is 186. The summed E-state index contributed by atoms with van der Waals surface area (Å²) in [5, 5.41) is 8.22. The van der Waals surface area contributed by atoms with E-state index < -0.39 is 5.97 Å². The first-order valence-electron chi connectivity index (χ1n) is 2.96. The summed E-state index contributed by atoms with van der Waals surface area (Å²) in [5.41, 5.74) is 0. The molecule has 1 aliphatic rings. The molecule has 0 bridgehead atoms. The highest BCUT2D eigenvalue weighted by molar-refractivity contribution is 5.80. The van der Waals surface area contributed by atoms with E-state index in [1.807, 2.05) is 0 Å². The van der Waals surface area contributed by atoms with Gasteiger partial charge < -0.3 is 10.0 Å². The van der Waals surface area contributed by atoms with Crippen LogP contribution in [0.1, 0.15) is 0 Å². The first-order valence-corrected chi connectivity index (χ1v) is 2.96. The molecule has 0 radical (unpaired) electrons. The van der Waals surface area contributed by atoms with Gasteiger partial charge >= 0.3 is 5.97 Å². The first kappa shape index (κ1) is 6.80. The third-order valence-electron chi connectivity index (χ3n) is 1.13. The van der Waals surface area contributed by atoms with Crippen LogP contribution in [0.25, 0.3) is 0 Å². The summed E-state index contributed by atoms with van der Waals surface area (Å²) in [7, 11) is 0. The summed E-state index contributed by atoms with van der Waals surface area (Å²) < 4.78 is 0. The highest BCUT2D eigenvalue weighted by atomic mass is 16.4. The van der Waals surface area contributed by atoms with Gasteiger partial charge in [0.2, 0.25) is 0 Å². The van der Waals surface area contributed by atoms with Crippen LogP contribution in [0.15, 0.2) is 17.3 Å². The molecule has 0 aliphatic carbocycles. The van der Waals surface area contributed by atoms with Gasteiger partial charge in [-0.05, 0) is 0 Å². The number of nitrogens with zero attached hydrogens (tertiary/aromatic N) is 2. The summed E-state index contributed by atoms with van der Waals surface area (Å²) >= 11 is 0. The Morgan fingerprint density at radius 3 is 3.10 bits per heavy atom. The van der Waals surface area contributed by atoms with Gasteiger partial charge in [-0.15, -0.1) is 0 Å². The molecule has 1 rings (SSSR count). The van der Waals surface area contributed by atoms with Crippen molar-refractivity contribution in [3.05, 3.63) is 12.3 Å². The van der Waals surface area contributed by atoms with Gasteiger partial charge in [-0.2, -0.15) is 0 Å². The van der Waals surface area contributed by atoms with Crippen LogP contribution in [-0.2, 0) is 4.79 Å². The minimum atomic E-state index is -0.930. The van der Waals surface area contributed by atoms with Crippen LogP contribution >= 0.6 is 0 Å². The second-order valence-electron chi connectivity index (χ2n) is 1.91. The molecule has 0 saturated carbocycles. The van der Waals surface area contributed by atoms with Crippen LogP contribution in [0.2, 0.25) is 0 Å². The summed E-state index contributed by atoms with van der Waals surface area (Å²) in [6.07, 6.45) is 4.22. The highest BCUT2D eigenvalue weighted by Crippen LogP contribution is 1.92. The van der Waals surface area contributed by atoms with E-state index in [1.54, 1.807) is 11.2 Å². The van der Waals surface area contributed by atoms with Crippen LogP contribution in [0, 0.1) is 0 Å². The fourth-order valence-corrected chi connectivity index (χ4v) is 0.666. The zero-order chi connectivity index (χ0) is 7.40.